The lowest BCUT2D eigenvalue weighted by Crippen LogP contribution is -2.02. The lowest BCUT2D eigenvalue weighted by atomic mass is 10.0. The minimum atomic E-state index is -0.498. The first-order chi connectivity index (χ1) is 6.66. The summed E-state index contributed by atoms with van der Waals surface area (Å²) in [5.74, 6) is -0.498. The van der Waals surface area contributed by atoms with Crippen molar-refractivity contribution in [1.29, 1.82) is 5.26 Å². The van der Waals surface area contributed by atoms with Crippen molar-refractivity contribution in [2.75, 3.05) is 5.73 Å². The average molecular weight is 255 g/mol. The molecule has 0 saturated carbocycles. The first-order valence-corrected chi connectivity index (χ1v) is 5.14. The molecule has 0 atom stereocenters. The molecule has 0 fully saturated rings. The normalized spacial score (nSPS) is 13.8. The Labute approximate surface area is 89.7 Å². The molecule has 72 valence electrons. The van der Waals surface area contributed by atoms with Crippen molar-refractivity contribution < 1.29 is 4.39 Å². The van der Waals surface area contributed by atoms with Crippen LogP contribution in [-0.4, -0.2) is 0 Å². The predicted molar refractivity (Wildman–Crippen MR) is 55.3 cm³/mol. The van der Waals surface area contributed by atoms with E-state index in [1.807, 2.05) is 6.07 Å². The summed E-state index contributed by atoms with van der Waals surface area (Å²) in [7, 11) is 0. The van der Waals surface area contributed by atoms with Crippen molar-refractivity contribution in [2.45, 2.75) is 19.3 Å². The Bertz CT molecular complexity index is 446. The SMILES string of the molecule is N#Cc1c(N)c(F)c(Br)c2c1CCC2. The monoisotopic (exact) mass is 254 g/mol. The number of anilines is 1. The van der Waals surface area contributed by atoms with E-state index in [-0.39, 0.29) is 5.69 Å². The number of rotatable bonds is 0. The van der Waals surface area contributed by atoms with E-state index in [1.165, 1.54) is 0 Å². The highest BCUT2D eigenvalue weighted by Crippen LogP contribution is 2.37. The van der Waals surface area contributed by atoms with E-state index in [0.717, 1.165) is 30.4 Å². The van der Waals surface area contributed by atoms with Gasteiger partial charge in [-0.3, -0.25) is 0 Å². The van der Waals surface area contributed by atoms with Crippen LogP contribution in [0.15, 0.2) is 4.47 Å². The van der Waals surface area contributed by atoms with Crippen LogP contribution in [0.3, 0.4) is 0 Å². The Morgan fingerprint density at radius 2 is 2.00 bits per heavy atom. The standard InChI is InChI=1S/C10H8BrFN2/c11-8-6-3-1-2-5(6)7(4-13)10(14)9(8)12/h1-3,14H2. The van der Waals surface area contributed by atoms with Crippen molar-refractivity contribution in [3.8, 4) is 6.07 Å². The van der Waals surface area contributed by atoms with Gasteiger partial charge in [0.15, 0.2) is 5.82 Å². The van der Waals surface area contributed by atoms with E-state index in [0.29, 0.717) is 10.0 Å². The number of halogens is 2. The van der Waals surface area contributed by atoms with Gasteiger partial charge in [-0.15, -0.1) is 0 Å². The highest BCUT2D eigenvalue weighted by atomic mass is 79.9. The molecule has 2 N–H and O–H groups in total. The topological polar surface area (TPSA) is 49.8 Å². The van der Waals surface area contributed by atoms with Crippen molar-refractivity contribution in [1.82, 2.24) is 0 Å². The maximum absolute atomic E-state index is 13.5. The number of hydrogen-bond donors (Lipinski definition) is 1. The summed E-state index contributed by atoms with van der Waals surface area (Å²) in [5, 5.41) is 8.89. The van der Waals surface area contributed by atoms with Gasteiger partial charge in [-0.1, -0.05) is 0 Å². The second-order valence-corrected chi connectivity index (χ2v) is 4.13. The molecule has 1 aromatic rings. The fraction of sp³-hybridized carbons (Fsp3) is 0.300. The van der Waals surface area contributed by atoms with Gasteiger partial charge in [-0.25, -0.2) is 4.39 Å². The number of fused-ring (bicyclic) bond motifs is 1. The van der Waals surface area contributed by atoms with Gasteiger partial charge >= 0.3 is 0 Å². The quantitative estimate of drug-likeness (QED) is 0.724. The first-order valence-electron chi connectivity index (χ1n) is 4.35. The first kappa shape index (κ1) is 9.47. The van der Waals surface area contributed by atoms with Gasteiger partial charge in [0.1, 0.15) is 6.07 Å². The molecule has 0 aromatic heterocycles. The largest absolute Gasteiger partial charge is 0.395 e. The lowest BCUT2D eigenvalue weighted by Gasteiger charge is -2.09. The summed E-state index contributed by atoms with van der Waals surface area (Å²) >= 11 is 3.18. The van der Waals surface area contributed by atoms with Gasteiger partial charge in [0, 0.05) is 0 Å². The molecule has 1 aliphatic rings. The molecule has 14 heavy (non-hydrogen) atoms. The maximum atomic E-state index is 13.5. The molecule has 0 unspecified atom stereocenters. The predicted octanol–water partition coefficient (Wildman–Crippen LogP) is 2.53. The lowest BCUT2D eigenvalue weighted by molar-refractivity contribution is 0.623. The highest BCUT2D eigenvalue weighted by Gasteiger charge is 2.24. The zero-order chi connectivity index (χ0) is 10.3. The number of nitrogens with zero attached hydrogens (tertiary/aromatic N) is 1. The van der Waals surface area contributed by atoms with Crippen LogP contribution in [-0.2, 0) is 12.8 Å². The van der Waals surface area contributed by atoms with Crippen LogP contribution in [0.4, 0.5) is 10.1 Å². The van der Waals surface area contributed by atoms with Gasteiger partial charge in [0.05, 0.1) is 15.7 Å². The van der Waals surface area contributed by atoms with Gasteiger partial charge in [0.25, 0.3) is 0 Å². The third-order valence-corrected chi connectivity index (χ3v) is 3.42. The third-order valence-electron chi connectivity index (χ3n) is 2.59. The second-order valence-electron chi connectivity index (χ2n) is 3.34. The van der Waals surface area contributed by atoms with E-state index < -0.39 is 5.82 Å². The molecule has 1 aromatic carbocycles. The number of nitriles is 1. The molecule has 2 rings (SSSR count). The molecule has 0 aliphatic heterocycles. The van der Waals surface area contributed by atoms with Crippen LogP contribution in [0.1, 0.15) is 23.1 Å². The zero-order valence-corrected chi connectivity index (χ0v) is 8.99. The van der Waals surface area contributed by atoms with Crippen molar-refractivity contribution in [3.05, 3.63) is 27.0 Å². The number of nitrogen functional groups attached to an aromatic ring is 1. The summed E-state index contributed by atoms with van der Waals surface area (Å²) in [6.45, 7) is 0. The minimum absolute atomic E-state index is 0.0278. The smallest absolute Gasteiger partial charge is 0.161 e. The summed E-state index contributed by atoms with van der Waals surface area (Å²) in [6, 6.07) is 1.98. The molecular weight excluding hydrogens is 247 g/mol. The van der Waals surface area contributed by atoms with Crippen LogP contribution in [0.2, 0.25) is 0 Å². The fourth-order valence-corrected chi connectivity index (χ4v) is 2.56. The Morgan fingerprint density at radius 3 is 2.64 bits per heavy atom. The molecule has 4 heteroatoms. The Kier molecular flexibility index (Phi) is 2.20. The van der Waals surface area contributed by atoms with Crippen LogP contribution < -0.4 is 5.73 Å². The highest BCUT2D eigenvalue weighted by molar-refractivity contribution is 9.10. The minimum Gasteiger partial charge on any atom is -0.395 e. The van der Waals surface area contributed by atoms with Crippen molar-refractivity contribution >= 4 is 21.6 Å². The molecule has 0 radical (unpaired) electrons. The van der Waals surface area contributed by atoms with Gasteiger partial charge in [-0.05, 0) is 46.3 Å². The van der Waals surface area contributed by atoms with Crippen LogP contribution in [0, 0.1) is 17.1 Å². The summed E-state index contributed by atoms with van der Waals surface area (Å²) in [5.41, 5.74) is 7.66. The van der Waals surface area contributed by atoms with Gasteiger partial charge in [0.2, 0.25) is 0 Å². The van der Waals surface area contributed by atoms with Crippen LogP contribution >= 0.6 is 15.9 Å². The Hall–Kier alpha value is -1.08. The van der Waals surface area contributed by atoms with Gasteiger partial charge in [-0.2, -0.15) is 5.26 Å². The summed E-state index contributed by atoms with van der Waals surface area (Å²) in [4.78, 5) is 0. The maximum Gasteiger partial charge on any atom is 0.161 e. The summed E-state index contributed by atoms with van der Waals surface area (Å²) < 4.78 is 13.9. The number of benzene rings is 1. The van der Waals surface area contributed by atoms with Crippen LogP contribution in [0.5, 0.6) is 0 Å². The van der Waals surface area contributed by atoms with Crippen molar-refractivity contribution in [2.24, 2.45) is 0 Å². The zero-order valence-electron chi connectivity index (χ0n) is 7.40. The number of nitrogens with two attached hydrogens (primary N) is 1. The van der Waals surface area contributed by atoms with Crippen LogP contribution in [0.25, 0.3) is 0 Å². The van der Waals surface area contributed by atoms with E-state index in [1.54, 1.807) is 0 Å². The average Bonchev–Trinajstić information content (AvgIpc) is 2.64. The second kappa shape index (κ2) is 3.25. The van der Waals surface area contributed by atoms with Gasteiger partial charge < -0.3 is 5.73 Å². The molecule has 1 aliphatic carbocycles. The van der Waals surface area contributed by atoms with E-state index in [2.05, 4.69) is 15.9 Å². The molecule has 0 spiro atoms. The third kappa shape index (κ3) is 1.12. The Balaban J connectivity index is 2.82. The molecular formula is C10H8BrFN2. The molecule has 2 nitrogen and oxygen atoms in total. The van der Waals surface area contributed by atoms with E-state index in [4.69, 9.17) is 11.0 Å². The molecule has 0 bridgehead atoms. The Morgan fingerprint density at radius 1 is 1.36 bits per heavy atom. The summed E-state index contributed by atoms with van der Waals surface area (Å²) in [6.07, 6.45) is 2.61. The van der Waals surface area contributed by atoms with E-state index in [9.17, 15) is 4.39 Å². The van der Waals surface area contributed by atoms with Crippen molar-refractivity contribution in [3.63, 3.8) is 0 Å². The molecule has 0 saturated heterocycles. The molecule has 0 heterocycles. The van der Waals surface area contributed by atoms with E-state index >= 15 is 0 Å². The molecule has 0 amide bonds. The fourth-order valence-electron chi connectivity index (χ4n) is 1.91. The number of hydrogen-bond acceptors (Lipinski definition) is 2.